The van der Waals surface area contributed by atoms with Crippen molar-refractivity contribution in [2.24, 2.45) is 0 Å². The maximum Gasteiger partial charge on any atom is 0.245 e. The number of hydrogen-bond acceptors (Lipinski definition) is 7. The third-order valence-corrected chi connectivity index (χ3v) is 5.21. The van der Waals surface area contributed by atoms with E-state index in [1.807, 2.05) is 18.2 Å². The lowest BCUT2D eigenvalue weighted by atomic mass is 10.1. The van der Waals surface area contributed by atoms with Gasteiger partial charge in [0.1, 0.15) is 17.9 Å². The topological polar surface area (TPSA) is 78.4 Å². The fraction of sp³-hybridized carbons (Fsp3) is 0.526. The van der Waals surface area contributed by atoms with Crippen molar-refractivity contribution in [3.05, 3.63) is 41.0 Å². The van der Waals surface area contributed by atoms with Crippen LogP contribution in [0.2, 0.25) is 0 Å². The minimum absolute atomic E-state index is 0.109. The van der Waals surface area contributed by atoms with Gasteiger partial charge in [-0.3, -0.25) is 9.80 Å². The summed E-state index contributed by atoms with van der Waals surface area (Å²) in [5.74, 6) is 2.69. The van der Waals surface area contributed by atoms with Crippen molar-refractivity contribution in [1.82, 2.24) is 19.9 Å². The lowest BCUT2D eigenvalue weighted by molar-refractivity contribution is 0.0714. The first-order valence-electron chi connectivity index (χ1n) is 9.01. The van der Waals surface area contributed by atoms with Crippen LogP contribution in [-0.4, -0.2) is 53.7 Å². The number of likely N-dealkylation sites (N-methyl/N-ethyl adjacent to an activating group) is 1. The molecule has 2 heterocycles. The first-order chi connectivity index (χ1) is 12.7. The van der Waals surface area contributed by atoms with Crippen molar-refractivity contribution in [3.8, 4) is 11.8 Å². The van der Waals surface area contributed by atoms with E-state index in [-0.39, 0.29) is 6.04 Å². The number of benzene rings is 1. The van der Waals surface area contributed by atoms with Crippen molar-refractivity contribution in [2.75, 3.05) is 33.8 Å². The Kier molecular flexibility index (Phi) is 4.62. The second kappa shape index (κ2) is 7.06. The van der Waals surface area contributed by atoms with Crippen molar-refractivity contribution < 1.29 is 9.26 Å². The van der Waals surface area contributed by atoms with E-state index in [4.69, 9.17) is 9.26 Å². The Hall–Kier alpha value is -2.43. The Morgan fingerprint density at radius 1 is 1.35 bits per heavy atom. The van der Waals surface area contributed by atoms with Crippen LogP contribution in [0.25, 0.3) is 0 Å². The molecule has 2 aliphatic rings. The molecule has 1 aliphatic heterocycles. The van der Waals surface area contributed by atoms with Gasteiger partial charge in [0.05, 0.1) is 12.7 Å². The van der Waals surface area contributed by atoms with Crippen molar-refractivity contribution in [1.29, 1.82) is 5.26 Å². The van der Waals surface area contributed by atoms with Gasteiger partial charge in [-0.25, -0.2) is 0 Å². The molecule has 2 fully saturated rings. The number of hydrogen-bond donors (Lipinski definition) is 0. The monoisotopic (exact) mass is 353 g/mol. The average Bonchev–Trinajstić information content (AvgIpc) is 3.40. The van der Waals surface area contributed by atoms with Gasteiger partial charge in [0.15, 0.2) is 5.82 Å². The molecule has 7 heteroatoms. The predicted octanol–water partition coefficient (Wildman–Crippen LogP) is 2.32. The quantitative estimate of drug-likeness (QED) is 0.816. The second-order valence-corrected chi connectivity index (χ2v) is 7.14. The van der Waals surface area contributed by atoms with Gasteiger partial charge in [-0.1, -0.05) is 11.2 Å². The predicted molar refractivity (Wildman–Crippen MR) is 94.6 cm³/mol. The van der Waals surface area contributed by atoms with Crippen LogP contribution in [0.1, 0.15) is 47.6 Å². The molecular formula is C19H23N5O2. The molecule has 1 aromatic carbocycles. The van der Waals surface area contributed by atoms with Crippen LogP contribution in [0, 0.1) is 11.3 Å². The maximum atomic E-state index is 9.28. The molecule has 1 atom stereocenters. The normalized spacial score (nSPS) is 21.5. The summed E-state index contributed by atoms with van der Waals surface area (Å²) in [5.41, 5.74) is 1.68. The molecule has 0 amide bonds. The Morgan fingerprint density at radius 3 is 2.92 bits per heavy atom. The number of rotatable bonds is 5. The zero-order chi connectivity index (χ0) is 18.1. The van der Waals surface area contributed by atoms with Crippen molar-refractivity contribution in [2.45, 2.75) is 31.3 Å². The minimum atomic E-state index is 0.109. The maximum absolute atomic E-state index is 9.28. The number of methoxy groups -OCH3 is 1. The van der Waals surface area contributed by atoms with E-state index in [2.05, 4.69) is 33.1 Å². The molecule has 1 saturated heterocycles. The van der Waals surface area contributed by atoms with Crippen LogP contribution >= 0.6 is 0 Å². The molecule has 2 aromatic rings. The summed E-state index contributed by atoms with van der Waals surface area (Å²) in [4.78, 5) is 9.28. The number of ether oxygens (including phenoxy) is 1. The molecule has 136 valence electrons. The Balaban J connectivity index is 1.46. The van der Waals surface area contributed by atoms with E-state index in [0.29, 0.717) is 23.1 Å². The molecule has 1 aromatic heterocycles. The van der Waals surface area contributed by atoms with E-state index in [1.54, 1.807) is 7.11 Å². The molecule has 0 radical (unpaired) electrons. The molecule has 0 unspecified atom stereocenters. The largest absolute Gasteiger partial charge is 0.495 e. The molecule has 1 aliphatic carbocycles. The van der Waals surface area contributed by atoms with Gasteiger partial charge in [-0.05, 0) is 37.6 Å². The summed E-state index contributed by atoms with van der Waals surface area (Å²) in [6.07, 6.45) is 2.34. The fourth-order valence-electron chi connectivity index (χ4n) is 3.43. The number of nitrogens with zero attached hydrogens (tertiary/aromatic N) is 5. The highest BCUT2D eigenvalue weighted by atomic mass is 16.5. The van der Waals surface area contributed by atoms with Gasteiger partial charge in [0.2, 0.25) is 5.89 Å². The van der Waals surface area contributed by atoms with Gasteiger partial charge >= 0.3 is 0 Å². The smallest absolute Gasteiger partial charge is 0.245 e. The van der Waals surface area contributed by atoms with Gasteiger partial charge in [0, 0.05) is 32.1 Å². The summed E-state index contributed by atoms with van der Waals surface area (Å²) in [7, 11) is 3.69. The number of aromatic nitrogens is 2. The third kappa shape index (κ3) is 3.43. The number of nitriles is 1. The lowest BCUT2D eigenvalue weighted by Gasteiger charge is -2.37. The van der Waals surface area contributed by atoms with Gasteiger partial charge in [-0.15, -0.1) is 0 Å². The standard InChI is InChI=1S/C19H23N5O2/c1-23-7-8-24(11-13-3-6-17(25-2)15(9-13)10-20)12-16(23)19-21-18(22-26-19)14-4-5-14/h3,6,9,14,16H,4-5,7-8,11-12H2,1-2H3/t16-/m1/s1. The lowest BCUT2D eigenvalue weighted by Crippen LogP contribution is -2.46. The highest BCUT2D eigenvalue weighted by Crippen LogP contribution is 2.39. The van der Waals surface area contributed by atoms with Crippen LogP contribution in [-0.2, 0) is 6.54 Å². The van der Waals surface area contributed by atoms with Crippen LogP contribution < -0.4 is 4.74 Å². The Labute approximate surface area is 153 Å². The van der Waals surface area contributed by atoms with Crippen molar-refractivity contribution in [3.63, 3.8) is 0 Å². The van der Waals surface area contributed by atoms with Gasteiger partial charge < -0.3 is 9.26 Å². The number of piperazine rings is 1. The molecule has 0 N–H and O–H groups in total. The van der Waals surface area contributed by atoms with Crippen LogP contribution in [0.4, 0.5) is 0 Å². The molecule has 0 bridgehead atoms. The summed E-state index contributed by atoms with van der Waals surface area (Å²) in [6.45, 7) is 3.51. The van der Waals surface area contributed by atoms with Gasteiger partial charge in [-0.2, -0.15) is 10.2 Å². The van der Waals surface area contributed by atoms with Crippen LogP contribution in [0.5, 0.6) is 5.75 Å². The third-order valence-electron chi connectivity index (χ3n) is 5.21. The zero-order valence-corrected chi connectivity index (χ0v) is 15.2. The average molecular weight is 353 g/mol. The summed E-state index contributed by atoms with van der Waals surface area (Å²) in [5, 5.41) is 13.4. The Bertz CT molecular complexity index is 824. The first kappa shape index (κ1) is 17.0. The molecule has 26 heavy (non-hydrogen) atoms. The van der Waals surface area contributed by atoms with Crippen molar-refractivity contribution >= 4 is 0 Å². The van der Waals surface area contributed by atoms with Crippen LogP contribution in [0.3, 0.4) is 0 Å². The fourth-order valence-corrected chi connectivity index (χ4v) is 3.43. The molecule has 0 spiro atoms. The summed E-state index contributed by atoms with van der Waals surface area (Å²) in [6, 6.07) is 8.10. The highest BCUT2D eigenvalue weighted by Gasteiger charge is 2.33. The van der Waals surface area contributed by atoms with E-state index >= 15 is 0 Å². The molecule has 4 rings (SSSR count). The second-order valence-electron chi connectivity index (χ2n) is 7.14. The zero-order valence-electron chi connectivity index (χ0n) is 15.2. The van der Waals surface area contributed by atoms with E-state index in [1.165, 1.54) is 12.8 Å². The van der Waals surface area contributed by atoms with Gasteiger partial charge in [0.25, 0.3) is 0 Å². The molecule has 7 nitrogen and oxygen atoms in total. The summed E-state index contributed by atoms with van der Waals surface area (Å²) < 4.78 is 10.8. The highest BCUT2D eigenvalue weighted by molar-refractivity contribution is 5.45. The van der Waals surface area contributed by atoms with Crippen LogP contribution in [0.15, 0.2) is 22.7 Å². The van der Waals surface area contributed by atoms with E-state index in [9.17, 15) is 5.26 Å². The molecule has 1 saturated carbocycles. The Morgan fingerprint density at radius 2 is 2.19 bits per heavy atom. The molecular weight excluding hydrogens is 330 g/mol. The van der Waals surface area contributed by atoms with E-state index < -0.39 is 0 Å². The first-order valence-corrected chi connectivity index (χ1v) is 9.01. The SMILES string of the molecule is COc1ccc(CN2CCN(C)[C@@H](c3nc(C4CC4)no3)C2)cc1C#N. The summed E-state index contributed by atoms with van der Waals surface area (Å²) >= 11 is 0. The van der Waals surface area contributed by atoms with E-state index in [0.717, 1.165) is 37.6 Å². The minimum Gasteiger partial charge on any atom is -0.495 e.